The molecule has 4 rings (SSSR count). The van der Waals surface area contributed by atoms with Crippen LogP contribution in [0, 0.1) is 6.92 Å². The number of fused-ring (bicyclic) bond motifs is 1. The van der Waals surface area contributed by atoms with E-state index in [9.17, 15) is 4.79 Å². The third-order valence-electron chi connectivity index (χ3n) is 5.05. The predicted octanol–water partition coefficient (Wildman–Crippen LogP) is 3.41. The van der Waals surface area contributed by atoms with Crippen LogP contribution >= 0.6 is 0 Å². The van der Waals surface area contributed by atoms with Crippen molar-refractivity contribution in [1.29, 1.82) is 0 Å². The van der Waals surface area contributed by atoms with Gasteiger partial charge in [-0.2, -0.15) is 5.10 Å². The molecule has 1 aliphatic carbocycles. The molecule has 0 spiro atoms. The van der Waals surface area contributed by atoms with Crippen molar-refractivity contribution in [2.24, 2.45) is 0 Å². The molecule has 1 aliphatic rings. The van der Waals surface area contributed by atoms with E-state index in [2.05, 4.69) is 44.6 Å². The quantitative estimate of drug-likeness (QED) is 0.741. The SMILES string of the molecule is Cc1cnn(C2CCCc3ccccc32)c1NC(=O)CCc1cnc[nH]1. The van der Waals surface area contributed by atoms with E-state index in [-0.39, 0.29) is 11.9 Å². The molecule has 3 aromatic rings. The molecular weight excluding hydrogens is 326 g/mol. The van der Waals surface area contributed by atoms with Crippen molar-refractivity contribution in [3.8, 4) is 0 Å². The topological polar surface area (TPSA) is 75.6 Å². The molecule has 1 unspecified atom stereocenters. The Labute approximate surface area is 152 Å². The van der Waals surface area contributed by atoms with E-state index in [4.69, 9.17) is 0 Å². The standard InChI is InChI=1S/C20H23N5O/c1-14-11-23-25(18-8-4-6-15-5-2-3-7-17(15)18)20(14)24-19(26)10-9-16-12-21-13-22-16/h2-3,5,7,11-13,18H,4,6,8-10H2,1H3,(H,21,22)(H,24,26). The molecule has 6 nitrogen and oxygen atoms in total. The average molecular weight is 349 g/mol. The first-order valence-corrected chi connectivity index (χ1v) is 9.11. The van der Waals surface area contributed by atoms with Crippen molar-refractivity contribution in [1.82, 2.24) is 19.7 Å². The fraction of sp³-hybridized carbons (Fsp3) is 0.350. The molecule has 0 aliphatic heterocycles. The summed E-state index contributed by atoms with van der Waals surface area (Å²) in [6, 6.07) is 8.72. The Hall–Kier alpha value is -2.89. The van der Waals surface area contributed by atoms with Gasteiger partial charge in [0.25, 0.3) is 0 Å². The van der Waals surface area contributed by atoms with E-state index >= 15 is 0 Å². The maximum absolute atomic E-state index is 12.5. The van der Waals surface area contributed by atoms with E-state index < -0.39 is 0 Å². The van der Waals surface area contributed by atoms with Crippen LogP contribution in [0.3, 0.4) is 0 Å². The van der Waals surface area contributed by atoms with Crippen LogP contribution in [0.15, 0.2) is 43.0 Å². The van der Waals surface area contributed by atoms with Crippen LogP contribution < -0.4 is 5.32 Å². The lowest BCUT2D eigenvalue weighted by atomic mass is 9.88. The van der Waals surface area contributed by atoms with E-state index in [1.807, 2.05) is 17.8 Å². The second-order valence-corrected chi connectivity index (χ2v) is 6.85. The highest BCUT2D eigenvalue weighted by Gasteiger charge is 2.25. The van der Waals surface area contributed by atoms with Gasteiger partial charge in [0, 0.05) is 23.9 Å². The van der Waals surface area contributed by atoms with Crippen molar-refractivity contribution in [2.45, 2.75) is 45.1 Å². The molecular formula is C20H23N5O. The number of aryl methyl sites for hydroxylation is 3. The van der Waals surface area contributed by atoms with Gasteiger partial charge < -0.3 is 10.3 Å². The van der Waals surface area contributed by atoms with Crippen LogP contribution in [0.2, 0.25) is 0 Å². The first kappa shape index (κ1) is 16.6. The van der Waals surface area contributed by atoms with Crippen LogP contribution in [-0.4, -0.2) is 25.7 Å². The summed E-state index contributed by atoms with van der Waals surface area (Å²) in [4.78, 5) is 19.5. The smallest absolute Gasteiger partial charge is 0.225 e. The summed E-state index contributed by atoms with van der Waals surface area (Å²) in [6.07, 6.45) is 9.55. The van der Waals surface area contributed by atoms with Crippen molar-refractivity contribution in [3.63, 3.8) is 0 Å². The van der Waals surface area contributed by atoms with Crippen molar-refractivity contribution in [2.75, 3.05) is 5.32 Å². The molecule has 0 bridgehead atoms. The van der Waals surface area contributed by atoms with Gasteiger partial charge in [0.2, 0.25) is 5.91 Å². The molecule has 2 heterocycles. The molecule has 0 radical (unpaired) electrons. The third-order valence-corrected chi connectivity index (χ3v) is 5.05. The molecule has 134 valence electrons. The van der Waals surface area contributed by atoms with Gasteiger partial charge in [-0.05, 0) is 43.7 Å². The first-order chi connectivity index (χ1) is 12.7. The maximum Gasteiger partial charge on any atom is 0.225 e. The molecule has 0 saturated carbocycles. The molecule has 2 aromatic heterocycles. The van der Waals surface area contributed by atoms with Gasteiger partial charge in [0.1, 0.15) is 5.82 Å². The summed E-state index contributed by atoms with van der Waals surface area (Å²) < 4.78 is 1.99. The number of hydrogen-bond acceptors (Lipinski definition) is 3. The van der Waals surface area contributed by atoms with Crippen molar-refractivity contribution < 1.29 is 4.79 Å². The number of imidazole rings is 1. The number of benzene rings is 1. The average Bonchev–Trinajstić information content (AvgIpc) is 3.30. The zero-order chi connectivity index (χ0) is 17.9. The molecule has 6 heteroatoms. The Morgan fingerprint density at radius 3 is 3.08 bits per heavy atom. The summed E-state index contributed by atoms with van der Waals surface area (Å²) >= 11 is 0. The summed E-state index contributed by atoms with van der Waals surface area (Å²) in [6.45, 7) is 1.99. The number of nitrogens with zero attached hydrogens (tertiary/aromatic N) is 3. The Morgan fingerprint density at radius 1 is 1.35 bits per heavy atom. The van der Waals surface area contributed by atoms with Gasteiger partial charge in [-0.3, -0.25) is 4.79 Å². The molecule has 26 heavy (non-hydrogen) atoms. The maximum atomic E-state index is 12.5. The van der Waals surface area contributed by atoms with Crippen LogP contribution in [0.4, 0.5) is 5.82 Å². The van der Waals surface area contributed by atoms with Crippen LogP contribution in [0.25, 0.3) is 0 Å². The zero-order valence-corrected chi connectivity index (χ0v) is 14.9. The van der Waals surface area contributed by atoms with E-state index in [1.165, 1.54) is 11.1 Å². The Kier molecular flexibility index (Phi) is 4.56. The summed E-state index contributed by atoms with van der Waals surface area (Å²) in [5.74, 6) is 0.801. The van der Waals surface area contributed by atoms with E-state index in [0.717, 1.165) is 36.3 Å². The Morgan fingerprint density at radius 2 is 2.23 bits per heavy atom. The van der Waals surface area contributed by atoms with Gasteiger partial charge in [-0.1, -0.05) is 24.3 Å². The van der Waals surface area contributed by atoms with Crippen molar-refractivity contribution >= 4 is 11.7 Å². The number of aromatic nitrogens is 4. The lowest BCUT2D eigenvalue weighted by Crippen LogP contribution is -2.22. The van der Waals surface area contributed by atoms with Crippen molar-refractivity contribution in [3.05, 3.63) is 65.4 Å². The zero-order valence-electron chi connectivity index (χ0n) is 14.9. The largest absolute Gasteiger partial charge is 0.348 e. The highest BCUT2D eigenvalue weighted by Crippen LogP contribution is 2.35. The number of carbonyl (C=O) groups excluding carboxylic acids is 1. The predicted molar refractivity (Wildman–Crippen MR) is 100 cm³/mol. The lowest BCUT2D eigenvalue weighted by Gasteiger charge is -2.27. The molecule has 0 fully saturated rings. The minimum atomic E-state index is -0.00598. The molecule has 1 aromatic carbocycles. The van der Waals surface area contributed by atoms with Crippen LogP contribution in [0.1, 0.15) is 47.7 Å². The minimum Gasteiger partial charge on any atom is -0.348 e. The normalized spacial score (nSPS) is 16.3. The van der Waals surface area contributed by atoms with Crippen LogP contribution in [-0.2, 0) is 17.6 Å². The number of rotatable bonds is 5. The molecule has 1 amide bonds. The number of H-pyrrole nitrogens is 1. The van der Waals surface area contributed by atoms with E-state index in [1.54, 1.807) is 12.5 Å². The fourth-order valence-corrected chi connectivity index (χ4v) is 3.69. The third kappa shape index (κ3) is 3.27. The lowest BCUT2D eigenvalue weighted by molar-refractivity contribution is -0.116. The summed E-state index contributed by atoms with van der Waals surface area (Å²) in [5, 5.41) is 7.66. The highest BCUT2D eigenvalue weighted by atomic mass is 16.1. The Bertz CT molecular complexity index is 897. The number of nitrogens with one attached hydrogen (secondary N) is 2. The molecule has 1 atom stereocenters. The first-order valence-electron chi connectivity index (χ1n) is 9.11. The number of aromatic amines is 1. The monoisotopic (exact) mass is 349 g/mol. The number of amides is 1. The number of carbonyl (C=O) groups is 1. The highest BCUT2D eigenvalue weighted by molar-refractivity contribution is 5.90. The number of anilines is 1. The summed E-state index contributed by atoms with van der Waals surface area (Å²) in [7, 11) is 0. The van der Waals surface area contributed by atoms with Gasteiger partial charge >= 0.3 is 0 Å². The van der Waals surface area contributed by atoms with Gasteiger partial charge in [0.15, 0.2) is 0 Å². The number of hydrogen-bond donors (Lipinski definition) is 2. The van der Waals surface area contributed by atoms with E-state index in [0.29, 0.717) is 12.8 Å². The van der Waals surface area contributed by atoms with Crippen LogP contribution in [0.5, 0.6) is 0 Å². The van der Waals surface area contributed by atoms with Gasteiger partial charge in [-0.15, -0.1) is 0 Å². The molecule has 0 saturated heterocycles. The second-order valence-electron chi connectivity index (χ2n) is 6.85. The Balaban J connectivity index is 1.54. The molecule has 2 N–H and O–H groups in total. The van der Waals surface area contributed by atoms with Gasteiger partial charge in [-0.25, -0.2) is 9.67 Å². The second kappa shape index (κ2) is 7.15. The fourth-order valence-electron chi connectivity index (χ4n) is 3.69. The summed E-state index contributed by atoms with van der Waals surface area (Å²) in [5.41, 5.74) is 4.65. The van der Waals surface area contributed by atoms with Gasteiger partial charge in [0.05, 0.1) is 18.6 Å². The minimum absolute atomic E-state index is 0.00598.